The Balaban J connectivity index is 2.39. The van der Waals surface area contributed by atoms with Crippen LogP contribution in [0.25, 0.3) is 0 Å². The maximum absolute atomic E-state index is 14.0. The van der Waals surface area contributed by atoms with Crippen molar-refractivity contribution in [1.29, 1.82) is 0 Å². The van der Waals surface area contributed by atoms with E-state index in [9.17, 15) is 4.39 Å². The lowest BCUT2D eigenvalue weighted by molar-refractivity contribution is 0.507. The van der Waals surface area contributed by atoms with Crippen molar-refractivity contribution in [3.8, 4) is 0 Å². The lowest BCUT2D eigenvalue weighted by Crippen LogP contribution is -2.30. The van der Waals surface area contributed by atoms with E-state index in [1.54, 1.807) is 23.9 Å². The molecule has 2 rings (SSSR count). The first-order valence-electron chi connectivity index (χ1n) is 6.03. The molecular weight excluding hydrogens is 347 g/mol. The number of nitrogens with two attached hydrogens (primary N) is 1. The summed E-state index contributed by atoms with van der Waals surface area (Å²) in [6.07, 6.45) is 0.453. The van der Waals surface area contributed by atoms with E-state index in [1.807, 2.05) is 6.92 Å². The molecule has 0 bridgehead atoms. The van der Waals surface area contributed by atoms with E-state index in [0.717, 1.165) is 11.3 Å². The molecule has 1 aromatic heterocycles. The van der Waals surface area contributed by atoms with Gasteiger partial charge in [-0.15, -0.1) is 0 Å². The molecule has 0 fully saturated rings. The monoisotopic (exact) mass is 360 g/mol. The molecular formula is C13H15BrClFN4. The van der Waals surface area contributed by atoms with Crippen molar-refractivity contribution in [1.82, 2.24) is 15.2 Å². The molecule has 0 spiro atoms. The first-order chi connectivity index (χ1) is 9.45. The standard InChI is InChI=1S/C13H15BrClFN4/c1-7-8(13(15)20(2)19-7)6-11(18-17)12-9(14)4-3-5-10(12)16/h3-5,11,18H,6,17H2,1-2H3. The van der Waals surface area contributed by atoms with Crippen molar-refractivity contribution < 1.29 is 4.39 Å². The third-order valence-corrected chi connectivity index (χ3v) is 4.39. The highest BCUT2D eigenvalue weighted by molar-refractivity contribution is 9.10. The Labute approximate surface area is 130 Å². The van der Waals surface area contributed by atoms with Crippen molar-refractivity contribution in [3.05, 3.63) is 50.5 Å². The van der Waals surface area contributed by atoms with Gasteiger partial charge < -0.3 is 0 Å². The van der Waals surface area contributed by atoms with Crippen LogP contribution in [0.2, 0.25) is 5.15 Å². The summed E-state index contributed by atoms with van der Waals surface area (Å²) in [7, 11) is 1.77. The van der Waals surface area contributed by atoms with Gasteiger partial charge in [-0.3, -0.25) is 16.0 Å². The predicted octanol–water partition coefficient (Wildman–Crippen LogP) is 3.03. The molecule has 0 saturated heterocycles. The van der Waals surface area contributed by atoms with Crippen LogP contribution in [-0.4, -0.2) is 9.78 Å². The average molecular weight is 362 g/mol. The maximum Gasteiger partial charge on any atom is 0.130 e. The van der Waals surface area contributed by atoms with E-state index >= 15 is 0 Å². The minimum Gasteiger partial charge on any atom is -0.271 e. The highest BCUT2D eigenvalue weighted by Gasteiger charge is 2.22. The molecule has 20 heavy (non-hydrogen) atoms. The van der Waals surface area contributed by atoms with Gasteiger partial charge in [-0.25, -0.2) is 4.39 Å². The van der Waals surface area contributed by atoms with Crippen molar-refractivity contribution in [2.45, 2.75) is 19.4 Å². The molecule has 0 aliphatic carbocycles. The van der Waals surface area contributed by atoms with Gasteiger partial charge in [-0.1, -0.05) is 33.6 Å². The molecule has 108 valence electrons. The molecule has 1 heterocycles. The first kappa shape index (κ1) is 15.4. The maximum atomic E-state index is 14.0. The Morgan fingerprint density at radius 3 is 2.75 bits per heavy atom. The summed E-state index contributed by atoms with van der Waals surface area (Å²) >= 11 is 9.56. The molecule has 0 aliphatic heterocycles. The van der Waals surface area contributed by atoms with Crippen molar-refractivity contribution in [3.63, 3.8) is 0 Å². The average Bonchev–Trinajstić information content (AvgIpc) is 2.63. The van der Waals surface area contributed by atoms with Crippen LogP contribution in [0.4, 0.5) is 4.39 Å². The van der Waals surface area contributed by atoms with Crippen LogP contribution in [0.3, 0.4) is 0 Å². The molecule has 0 saturated carbocycles. The van der Waals surface area contributed by atoms with Crippen molar-refractivity contribution >= 4 is 27.5 Å². The van der Waals surface area contributed by atoms with Crippen LogP contribution in [0, 0.1) is 12.7 Å². The van der Waals surface area contributed by atoms with Crippen LogP contribution >= 0.6 is 27.5 Å². The molecule has 0 amide bonds. The van der Waals surface area contributed by atoms with E-state index in [0.29, 0.717) is 21.6 Å². The second kappa shape index (κ2) is 6.22. The van der Waals surface area contributed by atoms with Crippen LogP contribution in [-0.2, 0) is 13.5 Å². The largest absolute Gasteiger partial charge is 0.271 e. The number of hydrogen-bond donors (Lipinski definition) is 2. The lowest BCUT2D eigenvalue weighted by Gasteiger charge is -2.18. The summed E-state index contributed by atoms with van der Waals surface area (Å²) < 4.78 is 16.3. The molecule has 1 aromatic carbocycles. The van der Waals surface area contributed by atoms with Crippen molar-refractivity contribution in [2.24, 2.45) is 12.9 Å². The summed E-state index contributed by atoms with van der Waals surface area (Å²) in [6, 6.07) is 4.42. The van der Waals surface area contributed by atoms with Gasteiger partial charge in [0.15, 0.2) is 0 Å². The van der Waals surface area contributed by atoms with Gasteiger partial charge in [0.2, 0.25) is 0 Å². The number of hydrogen-bond acceptors (Lipinski definition) is 3. The SMILES string of the molecule is Cc1nn(C)c(Cl)c1CC(NN)c1c(F)cccc1Br. The summed E-state index contributed by atoms with van der Waals surface area (Å²) in [5.74, 6) is 5.27. The van der Waals surface area contributed by atoms with Gasteiger partial charge in [0.05, 0.1) is 11.7 Å². The number of rotatable bonds is 4. The van der Waals surface area contributed by atoms with Gasteiger partial charge in [0.25, 0.3) is 0 Å². The number of nitrogens with one attached hydrogen (secondary N) is 1. The lowest BCUT2D eigenvalue weighted by atomic mass is 9.99. The van der Waals surface area contributed by atoms with Gasteiger partial charge >= 0.3 is 0 Å². The summed E-state index contributed by atoms with van der Waals surface area (Å²) in [4.78, 5) is 0. The second-order valence-electron chi connectivity index (χ2n) is 4.54. The van der Waals surface area contributed by atoms with Gasteiger partial charge in [-0.2, -0.15) is 5.10 Å². The zero-order valence-corrected chi connectivity index (χ0v) is 13.5. The fourth-order valence-corrected chi connectivity index (χ4v) is 3.07. The molecule has 4 nitrogen and oxygen atoms in total. The fourth-order valence-electron chi connectivity index (χ4n) is 2.20. The van der Waals surface area contributed by atoms with E-state index in [-0.39, 0.29) is 5.82 Å². The zero-order chi connectivity index (χ0) is 14.9. The summed E-state index contributed by atoms with van der Waals surface area (Å²) in [6.45, 7) is 1.87. The number of benzene rings is 1. The molecule has 2 aromatic rings. The van der Waals surface area contributed by atoms with E-state index in [2.05, 4.69) is 26.5 Å². The van der Waals surface area contributed by atoms with Gasteiger partial charge in [0, 0.05) is 22.6 Å². The van der Waals surface area contributed by atoms with E-state index < -0.39 is 6.04 Å². The van der Waals surface area contributed by atoms with E-state index in [1.165, 1.54) is 6.07 Å². The van der Waals surface area contributed by atoms with Crippen LogP contribution < -0.4 is 11.3 Å². The highest BCUT2D eigenvalue weighted by atomic mass is 79.9. The highest BCUT2D eigenvalue weighted by Crippen LogP contribution is 2.31. The molecule has 1 unspecified atom stereocenters. The molecule has 0 radical (unpaired) electrons. The van der Waals surface area contributed by atoms with Gasteiger partial charge in [0.1, 0.15) is 11.0 Å². The number of hydrazine groups is 1. The Morgan fingerprint density at radius 1 is 1.55 bits per heavy atom. The second-order valence-corrected chi connectivity index (χ2v) is 5.75. The number of aryl methyl sites for hydroxylation is 2. The third-order valence-electron chi connectivity index (χ3n) is 3.23. The molecule has 0 aliphatic rings. The van der Waals surface area contributed by atoms with Crippen molar-refractivity contribution in [2.75, 3.05) is 0 Å². The number of halogens is 3. The van der Waals surface area contributed by atoms with E-state index in [4.69, 9.17) is 17.4 Å². The minimum absolute atomic E-state index is 0.319. The molecule has 3 N–H and O–H groups in total. The Kier molecular flexibility index (Phi) is 4.80. The predicted molar refractivity (Wildman–Crippen MR) is 80.8 cm³/mol. The molecule has 1 atom stereocenters. The first-order valence-corrected chi connectivity index (χ1v) is 7.20. The van der Waals surface area contributed by atoms with Crippen LogP contribution in [0.15, 0.2) is 22.7 Å². The number of nitrogens with zero attached hydrogens (tertiary/aromatic N) is 2. The zero-order valence-electron chi connectivity index (χ0n) is 11.1. The normalized spacial score (nSPS) is 12.7. The fraction of sp³-hybridized carbons (Fsp3) is 0.308. The topological polar surface area (TPSA) is 55.9 Å². The Morgan fingerprint density at radius 2 is 2.25 bits per heavy atom. The Hall–Kier alpha value is -0.950. The minimum atomic E-state index is -0.397. The summed E-state index contributed by atoms with van der Waals surface area (Å²) in [5.41, 5.74) is 4.79. The quantitative estimate of drug-likeness (QED) is 0.650. The van der Waals surface area contributed by atoms with Crippen LogP contribution in [0.1, 0.15) is 22.9 Å². The Bertz CT molecular complexity index is 609. The number of aromatic nitrogens is 2. The molecule has 7 heteroatoms. The summed E-state index contributed by atoms with van der Waals surface area (Å²) in [5, 5.41) is 4.78. The van der Waals surface area contributed by atoms with Crippen LogP contribution in [0.5, 0.6) is 0 Å². The smallest absolute Gasteiger partial charge is 0.130 e. The van der Waals surface area contributed by atoms with Gasteiger partial charge in [-0.05, 0) is 25.5 Å². The third kappa shape index (κ3) is 2.88.